The summed E-state index contributed by atoms with van der Waals surface area (Å²) >= 11 is 3.12. The summed E-state index contributed by atoms with van der Waals surface area (Å²) < 4.78 is 26.7. The van der Waals surface area contributed by atoms with Crippen LogP contribution in [0.15, 0.2) is 16.6 Å². The SMILES string of the molecule is CC1CCC(C(N)c2ccc(F)c(F)c2Br)CC1. The van der Waals surface area contributed by atoms with Crippen LogP contribution in [0.5, 0.6) is 0 Å². The molecule has 4 heteroatoms. The lowest BCUT2D eigenvalue weighted by molar-refractivity contribution is 0.255. The Hall–Kier alpha value is -0.480. The summed E-state index contributed by atoms with van der Waals surface area (Å²) in [7, 11) is 0. The van der Waals surface area contributed by atoms with Crippen LogP contribution < -0.4 is 5.73 Å². The van der Waals surface area contributed by atoms with E-state index >= 15 is 0 Å². The van der Waals surface area contributed by atoms with Crippen LogP contribution >= 0.6 is 15.9 Å². The molecule has 100 valence electrons. The van der Waals surface area contributed by atoms with Crippen molar-refractivity contribution in [3.05, 3.63) is 33.8 Å². The Labute approximate surface area is 115 Å². The fourth-order valence-electron chi connectivity index (χ4n) is 2.70. The molecule has 1 aromatic rings. The molecule has 1 unspecified atom stereocenters. The summed E-state index contributed by atoms with van der Waals surface area (Å²) in [5.74, 6) is -0.563. The molecule has 1 fully saturated rings. The zero-order valence-corrected chi connectivity index (χ0v) is 12.0. The van der Waals surface area contributed by atoms with Crippen molar-refractivity contribution < 1.29 is 8.78 Å². The number of nitrogens with two attached hydrogens (primary N) is 1. The van der Waals surface area contributed by atoms with Crippen LogP contribution in [0.1, 0.15) is 44.2 Å². The predicted octanol–water partition coefficient (Wildman–Crippen LogP) is 4.55. The van der Waals surface area contributed by atoms with Gasteiger partial charge in [0.2, 0.25) is 0 Å². The van der Waals surface area contributed by atoms with E-state index in [-0.39, 0.29) is 10.5 Å². The summed E-state index contributed by atoms with van der Waals surface area (Å²) in [6.07, 6.45) is 4.46. The van der Waals surface area contributed by atoms with Gasteiger partial charge in [-0.25, -0.2) is 8.78 Å². The van der Waals surface area contributed by atoms with Gasteiger partial charge in [0.25, 0.3) is 0 Å². The van der Waals surface area contributed by atoms with Gasteiger partial charge in [0.1, 0.15) is 0 Å². The predicted molar refractivity (Wildman–Crippen MR) is 72.1 cm³/mol. The van der Waals surface area contributed by atoms with Gasteiger partial charge < -0.3 is 5.73 Å². The van der Waals surface area contributed by atoms with Gasteiger partial charge in [-0.3, -0.25) is 0 Å². The van der Waals surface area contributed by atoms with Crippen molar-refractivity contribution in [3.8, 4) is 0 Å². The van der Waals surface area contributed by atoms with Crippen molar-refractivity contribution in [1.82, 2.24) is 0 Å². The van der Waals surface area contributed by atoms with Gasteiger partial charge in [0.15, 0.2) is 11.6 Å². The summed E-state index contributed by atoms with van der Waals surface area (Å²) in [5, 5.41) is 0. The quantitative estimate of drug-likeness (QED) is 0.795. The van der Waals surface area contributed by atoms with Gasteiger partial charge in [-0.15, -0.1) is 0 Å². The highest BCUT2D eigenvalue weighted by Crippen LogP contribution is 2.38. The smallest absolute Gasteiger partial charge is 0.173 e. The third-order valence-electron chi connectivity index (χ3n) is 3.99. The molecule has 0 bridgehead atoms. The molecule has 0 heterocycles. The Bertz CT molecular complexity index is 428. The second-order valence-corrected chi connectivity index (χ2v) is 6.10. The highest BCUT2D eigenvalue weighted by Gasteiger charge is 2.27. The minimum Gasteiger partial charge on any atom is -0.324 e. The summed E-state index contributed by atoms with van der Waals surface area (Å²) in [4.78, 5) is 0. The van der Waals surface area contributed by atoms with E-state index < -0.39 is 11.6 Å². The van der Waals surface area contributed by atoms with Crippen molar-refractivity contribution >= 4 is 15.9 Å². The van der Waals surface area contributed by atoms with E-state index in [1.165, 1.54) is 12.8 Å². The van der Waals surface area contributed by atoms with E-state index in [1.54, 1.807) is 6.07 Å². The minimum absolute atomic E-state index is 0.175. The maximum Gasteiger partial charge on any atom is 0.173 e. The molecule has 0 saturated heterocycles. The molecule has 18 heavy (non-hydrogen) atoms. The molecule has 0 spiro atoms. The first-order valence-corrected chi connectivity index (χ1v) is 7.19. The number of hydrogen-bond donors (Lipinski definition) is 1. The highest BCUT2D eigenvalue weighted by molar-refractivity contribution is 9.10. The Kier molecular flexibility index (Phi) is 4.38. The summed E-state index contributed by atoms with van der Waals surface area (Å²) in [6, 6.07) is 2.52. The molecular formula is C14H18BrF2N. The zero-order valence-electron chi connectivity index (χ0n) is 10.4. The Morgan fingerprint density at radius 2 is 1.83 bits per heavy atom. The lowest BCUT2D eigenvalue weighted by Gasteiger charge is -2.31. The Morgan fingerprint density at radius 1 is 1.22 bits per heavy atom. The second-order valence-electron chi connectivity index (χ2n) is 5.31. The van der Waals surface area contributed by atoms with E-state index in [0.29, 0.717) is 11.5 Å². The van der Waals surface area contributed by atoms with Crippen LogP contribution in [0.3, 0.4) is 0 Å². The topological polar surface area (TPSA) is 26.0 Å². The van der Waals surface area contributed by atoms with Crippen LogP contribution in [0.2, 0.25) is 0 Å². The van der Waals surface area contributed by atoms with Gasteiger partial charge in [0, 0.05) is 6.04 Å². The van der Waals surface area contributed by atoms with E-state index in [9.17, 15) is 8.78 Å². The van der Waals surface area contributed by atoms with Crippen LogP contribution in [0, 0.1) is 23.5 Å². The van der Waals surface area contributed by atoms with Gasteiger partial charge in [-0.2, -0.15) is 0 Å². The van der Waals surface area contributed by atoms with E-state index in [0.717, 1.165) is 24.8 Å². The van der Waals surface area contributed by atoms with Gasteiger partial charge in [0.05, 0.1) is 4.47 Å². The molecule has 0 aliphatic heterocycles. The molecule has 1 nitrogen and oxygen atoms in total. The van der Waals surface area contributed by atoms with Crippen LogP contribution in [-0.2, 0) is 0 Å². The van der Waals surface area contributed by atoms with Crippen LogP contribution in [0.4, 0.5) is 8.78 Å². The number of rotatable bonds is 2. The van der Waals surface area contributed by atoms with Crippen molar-refractivity contribution in [1.29, 1.82) is 0 Å². The lowest BCUT2D eigenvalue weighted by Crippen LogP contribution is -2.26. The molecule has 1 aromatic carbocycles. The largest absolute Gasteiger partial charge is 0.324 e. The zero-order chi connectivity index (χ0) is 13.3. The molecule has 1 atom stereocenters. The molecule has 2 rings (SSSR count). The first-order valence-electron chi connectivity index (χ1n) is 6.39. The average molecular weight is 318 g/mol. The molecule has 1 saturated carbocycles. The minimum atomic E-state index is -0.841. The maximum absolute atomic E-state index is 13.5. The van der Waals surface area contributed by atoms with E-state index in [1.807, 2.05) is 0 Å². The van der Waals surface area contributed by atoms with Crippen molar-refractivity contribution in [3.63, 3.8) is 0 Å². The van der Waals surface area contributed by atoms with Crippen molar-refractivity contribution in [2.24, 2.45) is 17.6 Å². The van der Waals surface area contributed by atoms with Crippen LogP contribution in [0.25, 0.3) is 0 Å². The molecule has 0 aromatic heterocycles. The molecule has 2 N–H and O–H groups in total. The first kappa shape index (κ1) is 13.9. The first-order chi connectivity index (χ1) is 8.50. The third kappa shape index (κ3) is 2.75. The van der Waals surface area contributed by atoms with E-state index in [2.05, 4.69) is 22.9 Å². The normalized spacial score (nSPS) is 26.1. The monoisotopic (exact) mass is 317 g/mol. The Morgan fingerprint density at radius 3 is 2.44 bits per heavy atom. The molecule has 1 aliphatic carbocycles. The van der Waals surface area contributed by atoms with Gasteiger partial charge in [-0.05, 0) is 52.2 Å². The van der Waals surface area contributed by atoms with E-state index in [4.69, 9.17) is 5.73 Å². The standard InChI is InChI=1S/C14H18BrF2N/c1-8-2-4-9(5-3-8)14(18)10-6-7-11(16)13(17)12(10)15/h6-9,14H,2-5,18H2,1H3. The fourth-order valence-corrected chi connectivity index (χ4v) is 3.28. The Balaban J connectivity index is 2.18. The highest BCUT2D eigenvalue weighted by atomic mass is 79.9. The average Bonchev–Trinajstić information content (AvgIpc) is 2.36. The summed E-state index contributed by atoms with van der Waals surface area (Å²) in [5.41, 5.74) is 6.89. The number of hydrogen-bond acceptors (Lipinski definition) is 1. The van der Waals surface area contributed by atoms with Gasteiger partial charge >= 0.3 is 0 Å². The van der Waals surface area contributed by atoms with Gasteiger partial charge in [-0.1, -0.05) is 25.8 Å². The van der Waals surface area contributed by atoms with Crippen molar-refractivity contribution in [2.75, 3.05) is 0 Å². The summed E-state index contributed by atoms with van der Waals surface area (Å²) in [6.45, 7) is 2.25. The third-order valence-corrected chi connectivity index (χ3v) is 4.80. The van der Waals surface area contributed by atoms with Crippen molar-refractivity contribution in [2.45, 2.75) is 38.6 Å². The number of benzene rings is 1. The van der Waals surface area contributed by atoms with Crippen LogP contribution in [-0.4, -0.2) is 0 Å². The molecule has 0 amide bonds. The number of halogens is 3. The second kappa shape index (κ2) is 5.66. The maximum atomic E-state index is 13.5. The lowest BCUT2D eigenvalue weighted by atomic mass is 9.77. The fraction of sp³-hybridized carbons (Fsp3) is 0.571. The molecule has 1 aliphatic rings. The molecular weight excluding hydrogens is 300 g/mol. The molecule has 0 radical (unpaired) electrons.